The number of anilines is 1. The highest BCUT2D eigenvalue weighted by Gasteiger charge is 2.31. The third kappa shape index (κ3) is 4.32. The van der Waals surface area contributed by atoms with Gasteiger partial charge in [0, 0.05) is 24.5 Å². The third-order valence-corrected chi connectivity index (χ3v) is 5.67. The fraction of sp³-hybridized carbons (Fsp3) is 0.533. The van der Waals surface area contributed by atoms with Gasteiger partial charge in [0.1, 0.15) is 4.90 Å². The lowest BCUT2D eigenvalue weighted by Gasteiger charge is -2.19. The van der Waals surface area contributed by atoms with Crippen LogP contribution in [-0.4, -0.2) is 53.0 Å². The number of benzene rings is 1. The minimum Gasteiger partial charge on any atom is -0.311 e. The second-order valence-corrected chi connectivity index (χ2v) is 8.54. The lowest BCUT2D eigenvalue weighted by Crippen LogP contribution is -2.31. The molecular formula is C15H22BrN3O3S. The number of nitrogens with one attached hydrogen (secondary N) is 1. The first-order valence-corrected chi connectivity index (χ1v) is 9.75. The molecule has 1 aliphatic rings. The van der Waals surface area contributed by atoms with E-state index >= 15 is 0 Å². The molecule has 1 aliphatic heterocycles. The number of rotatable bonds is 6. The Morgan fingerprint density at radius 1 is 1.39 bits per heavy atom. The van der Waals surface area contributed by atoms with E-state index in [0.29, 0.717) is 29.7 Å². The molecule has 1 amide bonds. The molecule has 0 atom stereocenters. The summed E-state index contributed by atoms with van der Waals surface area (Å²) in [5.41, 5.74) is 1.39. The van der Waals surface area contributed by atoms with Crippen LogP contribution in [0.15, 0.2) is 21.5 Å². The van der Waals surface area contributed by atoms with Gasteiger partial charge in [0.15, 0.2) is 0 Å². The summed E-state index contributed by atoms with van der Waals surface area (Å²) < 4.78 is 28.7. The number of carbonyl (C=O) groups is 1. The minimum absolute atomic E-state index is 0.143. The van der Waals surface area contributed by atoms with E-state index in [1.165, 1.54) is 11.8 Å². The summed E-state index contributed by atoms with van der Waals surface area (Å²) in [4.78, 5) is 15.5. The van der Waals surface area contributed by atoms with Crippen molar-refractivity contribution in [2.24, 2.45) is 0 Å². The SMILES string of the molecule is CC(=O)N1CCc2cc(Br)cc(S(=O)(=O)NCCCN(C)C)c21. The van der Waals surface area contributed by atoms with Gasteiger partial charge in [-0.3, -0.25) is 4.79 Å². The summed E-state index contributed by atoms with van der Waals surface area (Å²) >= 11 is 3.36. The van der Waals surface area contributed by atoms with Crippen LogP contribution in [0.5, 0.6) is 0 Å². The van der Waals surface area contributed by atoms with Crippen molar-refractivity contribution in [2.45, 2.75) is 24.7 Å². The summed E-state index contributed by atoms with van der Waals surface area (Å²) in [6.45, 7) is 3.14. The van der Waals surface area contributed by atoms with Gasteiger partial charge >= 0.3 is 0 Å². The molecule has 6 nitrogen and oxygen atoms in total. The highest BCUT2D eigenvalue weighted by molar-refractivity contribution is 9.10. The Morgan fingerprint density at radius 3 is 2.70 bits per heavy atom. The number of hydrogen-bond donors (Lipinski definition) is 1. The standard InChI is InChI=1S/C15H22BrN3O3S/c1-11(20)19-8-5-12-9-13(16)10-14(15(12)19)23(21,22)17-6-4-7-18(2)3/h9-10,17H,4-8H2,1-3H3. The Hall–Kier alpha value is -0.960. The second kappa shape index (κ2) is 7.29. The van der Waals surface area contributed by atoms with E-state index in [-0.39, 0.29) is 10.8 Å². The lowest BCUT2D eigenvalue weighted by atomic mass is 10.2. The predicted molar refractivity (Wildman–Crippen MR) is 94.2 cm³/mol. The van der Waals surface area contributed by atoms with Gasteiger partial charge in [-0.25, -0.2) is 13.1 Å². The quantitative estimate of drug-likeness (QED) is 0.732. The summed E-state index contributed by atoms with van der Waals surface area (Å²) in [5.74, 6) is -0.143. The number of fused-ring (bicyclic) bond motifs is 1. The van der Waals surface area contributed by atoms with Gasteiger partial charge in [0.05, 0.1) is 5.69 Å². The van der Waals surface area contributed by atoms with Crippen LogP contribution >= 0.6 is 15.9 Å². The maximum atomic E-state index is 12.7. The van der Waals surface area contributed by atoms with Gasteiger partial charge in [-0.05, 0) is 51.2 Å². The Kier molecular flexibility index (Phi) is 5.83. The molecule has 1 heterocycles. The highest BCUT2D eigenvalue weighted by atomic mass is 79.9. The van der Waals surface area contributed by atoms with Crippen molar-refractivity contribution in [3.05, 3.63) is 22.2 Å². The molecule has 0 bridgehead atoms. The summed E-state index contributed by atoms with van der Waals surface area (Å²) in [5, 5.41) is 0. The maximum absolute atomic E-state index is 12.7. The normalized spacial score (nSPS) is 14.4. The fourth-order valence-corrected chi connectivity index (χ4v) is 4.67. The smallest absolute Gasteiger partial charge is 0.242 e. The molecule has 0 fully saturated rings. The van der Waals surface area contributed by atoms with E-state index in [1.807, 2.05) is 25.1 Å². The average Bonchev–Trinajstić information content (AvgIpc) is 2.86. The van der Waals surface area contributed by atoms with Crippen molar-refractivity contribution in [3.8, 4) is 0 Å². The van der Waals surface area contributed by atoms with Crippen molar-refractivity contribution in [1.29, 1.82) is 0 Å². The number of halogens is 1. The summed E-state index contributed by atoms with van der Waals surface area (Å²) in [6.07, 6.45) is 1.39. The van der Waals surface area contributed by atoms with Crippen molar-refractivity contribution in [1.82, 2.24) is 9.62 Å². The number of amides is 1. The van der Waals surface area contributed by atoms with E-state index in [9.17, 15) is 13.2 Å². The van der Waals surface area contributed by atoms with Gasteiger partial charge in [0.25, 0.3) is 0 Å². The largest absolute Gasteiger partial charge is 0.311 e. The first kappa shape index (κ1) is 18.4. The molecule has 1 N–H and O–H groups in total. The van der Waals surface area contributed by atoms with Gasteiger partial charge in [-0.2, -0.15) is 0 Å². The average molecular weight is 404 g/mol. The summed E-state index contributed by atoms with van der Waals surface area (Å²) in [6, 6.07) is 3.44. The van der Waals surface area contributed by atoms with E-state index in [1.54, 1.807) is 6.07 Å². The van der Waals surface area contributed by atoms with Crippen LogP contribution < -0.4 is 9.62 Å². The predicted octanol–water partition coefficient (Wildman–Crippen LogP) is 1.59. The Bertz CT molecular complexity index is 704. The Morgan fingerprint density at radius 2 is 2.09 bits per heavy atom. The van der Waals surface area contributed by atoms with Crippen LogP contribution in [0.25, 0.3) is 0 Å². The number of sulfonamides is 1. The van der Waals surface area contributed by atoms with E-state index in [4.69, 9.17) is 0 Å². The second-order valence-electron chi connectivity index (χ2n) is 5.89. The molecule has 0 saturated carbocycles. The third-order valence-electron chi connectivity index (χ3n) is 3.74. The van der Waals surface area contributed by atoms with Crippen molar-refractivity contribution in [3.63, 3.8) is 0 Å². The zero-order chi connectivity index (χ0) is 17.2. The fourth-order valence-electron chi connectivity index (χ4n) is 2.67. The van der Waals surface area contributed by atoms with Gasteiger partial charge in [0.2, 0.25) is 15.9 Å². The molecule has 1 aromatic rings. The molecule has 0 aromatic heterocycles. The van der Waals surface area contributed by atoms with Crippen LogP contribution in [0.3, 0.4) is 0 Å². The zero-order valence-corrected chi connectivity index (χ0v) is 16.0. The molecule has 0 radical (unpaired) electrons. The molecular weight excluding hydrogens is 382 g/mol. The van der Waals surface area contributed by atoms with Gasteiger partial charge in [-0.15, -0.1) is 0 Å². The topological polar surface area (TPSA) is 69.7 Å². The van der Waals surface area contributed by atoms with Gasteiger partial charge in [-0.1, -0.05) is 15.9 Å². The highest BCUT2D eigenvalue weighted by Crippen LogP contribution is 2.37. The first-order valence-electron chi connectivity index (χ1n) is 7.47. The van der Waals surface area contributed by atoms with Crippen molar-refractivity contribution < 1.29 is 13.2 Å². The summed E-state index contributed by atoms with van der Waals surface area (Å²) in [7, 11) is 0.225. The molecule has 0 saturated heterocycles. The molecule has 0 unspecified atom stereocenters. The molecule has 8 heteroatoms. The monoisotopic (exact) mass is 403 g/mol. The van der Waals surface area contributed by atoms with E-state index in [2.05, 4.69) is 20.7 Å². The van der Waals surface area contributed by atoms with E-state index in [0.717, 1.165) is 18.5 Å². The van der Waals surface area contributed by atoms with Crippen LogP contribution in [-0.2, 0) is 21.2 Å². The number of nitrogens with zero attached hydrogens (tertiary/aromatic N) is 2. The van der Waals surface area contributed by atoms with Crippen LogP contribution in [0.4, 0.5) is 5.69 Å². The van der Waals surface area contributed by atoms with Crippen LogP contribution in [0, 0.1) is 0 Å². The number of hydrogen-bond acceptors (Lipinski definition) is 4. The lowest BCUT2D eigenvalue weighted by molar-refractivity contribution is -0.116. The molecule has 0 spiro atoms. The van der Waals surface area contributed by atoms with Gasteiger partial charge < -0.3 is 9.80 Å². The maximum Gasteiger partial charge on any atom is 0.242 e. The molecule has 0 aliphatic carbocycles. The molecule has 1 aromatic carbocycles. The Balaban J connectivity index is 2.30. The van der Waals surface area contributed by atoms with E-state index < -0.39 is 10.0 Å². The van der Waals surface area contributed by atoms with Crippen molar-refractivity contribution >= 4 is 37.5 Å². The van der Waals surface area contributed by atoms with Crippen LogP contribution in [0.1, 0.15) is 18.9 Å². The van der Waals surface area contributed by atoms with Crippen LogP contribution in [0.2, 0.25) is 0 Å². The molecule has 23 heavy (non-hydrogen) atoms. The Labute approximate surface area is 146 Å². The zero-order valence-electron chi connectivity index (χ0n) is 13.6. The first-order chi connectivity index (χ1) is 10.7. The minimum atomic E-state index is -3.66. The van der Waals surface area contributed by atoms with Crippen molar-refractivity contribution in [2.75, 3.05) is 38.6 Å². The molecule has 2 rings (SSSR count). The number of carbonyl (C=O) groups excluding carboxylic acids is 1. The molecule has 128 valence electrons.